The first-order valence-electron chi connectivity index (χ1n) is 5.94. The van der Waals surface area contributed by atoms with Gasteiger partial charge < -0.3 is 5.32 Å². The van der Waals surface area contributed by atoms with Crippen LogP contribution >= 0.6 is 11.6 Å². The second-order valence-electron chi connectivity index (χ2n) is 4.26. The molecule has 1 aromatic heterocycles. The molecule has 1 N–H and O–H groups in total. The molecular formula is C15H9ClN2O2. The van der Waals surface area contributed by atoms with E-state index in [-0.39, 0.29) is 11.4 Å². The predicted octanol–water partition coefficient (Wildman–Crippen LogP) is 2.95. The molecule has 0 atom stereocenters. The molecule has 0 radical (unpaired) electrons. The van der Waals surface area contributed by atoms with Crippen LogP contribution in [0, 0.1) is 0 Å². The fourth-order valence-electron chi connectivity index (χ4n) is 1.99. The number of pyridine rings is 1. The summed E-state index contributed by atoms with van der Waals surface area (Å²) in [4.78, 5) is 28.3. The van der Waals surface area contributed by atoms with E-state index in [1.807, 2.05) is 0 Å². The lowest BCUT2D eigenvalue weighted by molar-refractivity contribution is -0.112. The number of carbonyl (C=O) groups is 2. The molecular weight excluding hydrogens is 276 g/mol. The van der Waals surface area contributed by atoms with Gasteiger partial charge in [-0.05, 0) is 29.8 Å². The van der Waals surface area contributed by atoms with Gasteiger partial charge in [-0.2, -0.15) is 0 Å². The van der Waals surface area contributed by atoms with Crippen molar-refractivity contribution >= 4 is 35.2 Å². The molecule has 1 amide bonds. The van der Waals surface area contributed by atoms with Gasteiger partial charge in [-0.25, -0.2) is 4.98 Å². The van der Waals surface area contributed by atoms with Gasteiger partial charge in [-0.1, -0.05) is 29.8 Å². The standard InChI is InChI=1S/C15H9ClN2O2/c16-12-6-2-1-4-9(12)8-11-13(19)10-5-3-7-17-14(10)18-15(11)20/h1-8H,(H,17,18,20)/b11-8-. The van der Waals surface area contributed by atoms with E-state index in [9.17, 15) is 9.59 Å². The summed E-state index contributed by atoms with van der Waals surface area (Å²) in [5.41, 5.74) is 1.06. The van der Waals surface area contributed by atoms with Crippen LogP contribution in [0.25, 0.3) is 6.08 Å². The number of amides is 1. The lowest BCUT2D eigenvalue weighted by Gasteiger charge is -2.16. The van der Waals surface area contributed by atoms with Gasteiger partial charge in [-0.3, -0.25) is 9.59 Å². The van der Waals surface area contributed by atoms with Crippen LogP contribution in [0.5, 0.6) is 0 Å². The number of Topliss-reactive ketones (excluding diaryl/α,β-unsaturated/α-hetero) is 1. The molecule has 0 aliphatic carbocycles. The highest BCUT2D eigenvalue weighted by atomic mass is 35.5. The number of carbonyl (C=O) groups excluding carboxylic acids is 2. The van der Waals surface area contributed by atoms with Crippen molar-refractivity contribution in [1.82, 2.24) is 4.98 Å². The highest BCUT2D eigenvalue weighted by Crippen LogP contribution is 2.26. The lowest BCUT2D eigenvalue weighted by atomic mass is 9.97. The van der Waals surface area contributed by atoms with Gasteiger partial charge in [0.25, 0.3) is 5.91 Å². The number of halogens is 1. The Bertz CT molecular complexity index is 753. The van der Waals surface area contributed by atoms with Crippen LogP contribution in [0.15, 0.2) is 48.2 Å². The second kappa shape index (κ2) is 4.90. The van der Waals surface area contributed by atoms with Gasteiger partial charge in [0.05, 0.1) is 11.1 Å². The van der Waals surface area contributed by atoms with Crippen molar-refractivity contribution in [2.45, 2.75) is 0 Å². The van der Waals surface area contributed by atoms with Crippen LogP contribution in [0.2, 0.25) is 5.02 Å². The Balaban J connectivity index is 2.10. The summed E-state index contributed by atoms with van der Waals surface area (Å²) in [6, 6.07) is 10.3. The summed E-state index contributed by atoms with van der Waals surface area (Å²) >= 11 is 6.04. The highest BCUT2D eigenvalue weighted by molar-refractivity contribution is 6.37. The number of hydrogen-bond acceptors (Lipinski definition) is 3. The number of ketones is 1. The van der Waals surface area contributed by atoms with Crippen molar-refractivity contribution in [3.8, 4) is 0 Å². The van der Waals surface area contributed by atoms with E-state index in [0.717, 1.165) is 0 Å². The van der Waals surface area contributed by atoms with Crippen molar-refractivity contribution in [3.05, 3.63) is 64.3 Å². The molecule has 2 heterocycles. The number of benzene rings is 1. The van der Waals surface area contributed by atoms with E-state index in [0.29, 0.717) is 22.0 Å². The summed E-state index contributed by atoms with van der Waals surface area (Å²) < 4.78 is 0. The maximum atomic E-state index is 12.3. The molecule has 1 aliphatic rings. The smallest absolute Gasteiger partial charge is 0.260 e. The maximum absolute atomic E-state index is 12.3. The quantitative estimate of drug-likeness (QED) is 0.647. The molecule has 20 heavy (non-hydrogen) atoms. The zero-order valence-corrected chi connectivity index (χ0v) is 11.0. The molecule has 3 rings (SSSR count). The molecule has 1 aromatic carbocycles. The van der Waals surface area contributed by atoms with E-state index in [2.05, 4.69) is 10.3 Å². The molecule has 0 unspecified atom stereocenters. The fourth-order valence-corrected chi connectivity index (χ4v) is 2.18. The molecule has 0 saturated carbocycles. The minimum atomic E-state index is -0.471. The number of hydrogen-bond donors (Lipinski definition) is 1. The number of anilines is 1. The Morgan fingerprint density at radius 1 is 1.10 bits per heavy atom. The molecule has 1 aliphatic heterocycles. The fraction of sp³-hybridized carbons (Fsp3) is 0. The van der Waals surface area contributed by atoms with Gasteiger partial charge in [0, 0.05) is 11.2 Å². The molecule has 0 saturated heterocycles. The molecule has 4 nitrogen and oxygen atoms in total. The zero-order valence-electron chi connectivity index (χ0n) is 10.3. The van der Waals surface area contributed by atoms with E-state index < -0.39 is 5.91 Å². The van der Waals surface area contributed by atoms with Crippen LogP contribution in [0.1, 0.15) is 15.9 Å². The zero-order chi connectivity index (χ0) is 14.1. The number of aromatic nitrogens is 1. The summed E-state index contributed by atoms with van der Waals surface area (Å²) in [5, 5.41) is 3.08. The van der Waals surface area contributed by atoms with E-state index in [1.165, 1.54) is 12.3 Å². The van der Waals surface area contributed by atoms with Gasteiger partial charge in [-0.15, -0.1) is 0 Å². The first kappa shape index (κ1) is 12.6. The topological polar surface area (TPSA) is 59.1 Å². The van der Waals surface area contributed by atoms with E-state index in [1.54, 1.807) is 36.4 Å². The Morgan fingerprint density at radius 2 is 1.90 bits per heavy atom. The summed E-state index contributed by atoms with van der Waals surface area (Å²) in [7, 11) is 0. The third kappa shape index (κ3) is 2.10. The van der Waals surface area contributed by atoms with Gasteiger partial charge in [0.2, 0.25) is 5.78 Å². The van der Waals surface area contributed by atoms with Crippen molar-refractivity contribution < 1.29 is 9.59 Å². The largest absolute Gasteiger partial charge is 0.306 e. The van der Waals surface area contributed by atoms with Crippen molar-refractivity contribution in [2.24, 2.45) is 0 Å². The first-order chi connectivity index (χ1) is 9.66. The number of nitrogens with one attached hydrogen (secondary N) is 1. The Hall–Kier alpha value is -2.46. The molecule has 0 fully saturated rings. The maximum Gasteiger partial charge on any atom is 0.260 e. The SMILES string of the molecule is O=C1Nc2ncccc2C(=O)/C1=C/c1ccccc1Cl. The Labute approximate surface area is 120 Å². The van der Waals surface area contributed by atoms with Crippen LogP contribution in [0.3, 0.4) is 0 Å². The third-order valence-corrected chi connectivity index (χ3v) is 3.32. The molecule has 0 bridgehead atoms. The van der Waals surface area contributed by atoms with Crippen molar-refractivity contribution in [2.75, 3.05) is 5.32 Å². The number of nitrogens with zero attached hydrogens (tertiary/aromatic N) is 1. The normalized spacial score (nSPS) is 15.9. The van der Waals surface area contributed by atoms with Gasteiger partial charge >= 0.3 is 0 Å². The van der Waals surface area contributed by atoms with Gasteiger partial charge in [0.15, 0.2) is 0 Å². The van der Waals surface area contributed by atoms with E-state index in [4.69, 9.17) is 11.6 Å². The first-order valence-corrected chi connectivity index (χ1v) is 6.32. The number of rotatable bonds is 1. The minimum Gasteiger partial charge on any atom is -0.306 e. The van der Waals surface area contributed by atoms with Crippen molar-refractivity contribution in [3.63, 3.8) is 0 Å². The monoisotopic (exact) mass is 284 g/mol. The highest BCUT2D eigenvalue weighted by Gasteiger charge is 2.29. The summed E-state index contributed by atoms with van der Waals surface area (Å²) in [6.07, 6.45) is 3.02. The van der Waals surface area contributed by atoms with Crippen molar-refractivity contribution in [1.29, 1.82) is 0 Å². The molecule has 98 valence electrons. The number of fused-ring (bicyclic) bond motifs is 1. The molecule has 0 spiro atoms. The third-order valence-electron chi connectivity index (χ3n) is 2.98. The average Bonchev–Trinajstić information content (AvgIpc) is 2.45. The molecule has 5 heteroatoms. The van der Waals surface area contributed by atoms with Gasteiger partial charge in [0.1, 0.15) is 5.82 Å². The van der Waals surface area contributed by atoms with Crippen LogP contribution in [0.4, 0.5) is 5.82 Å². The van der Waals surface area contributed by atoms with E-state index >= 15 is 0 Å². The summed E-state index contributed by atoms with van der Waals surface area (Å²) in [6.45, 7) is 0. The Kier molecular flexibility index (Phi) is 3.08. The minimum absolute atomic E-state index is 0.0543. The summed E-state index contributed by atoms with van der Waals surface area (Å²) in [5.74, 6) is -0.531. The van der Waals surface area contributed by atoms with Crippen LogP contribution in [-0.2, 0) is 4.79 Å². The predicted molar refractivity (Wildman–Crippen MR) is 76.6 cm³/mol. The van der Waals surface area contributed by atoms with Crippen LogP contribution < -0.4 is 5.32 Å². The average molecular weight is 285 g/mol. The molecule has 2 aromatic rings. The Morgan fingerprint density at radius 3 is 2.70 bits per heavy atom. The lowest BCUT2D eigenvalue weighted by Crippen LogP contribution is -2.28. The second-order valence-corrected chi connectivity index (χ2v) is 4.67. The van der Waals surface area contributed by atoms with Crippen LogP contribution in [-0.4, -0.2) is 16.7 Å².